The van der Waals surface area contributed by atoms with Gasteiger partial charge in [-0.05, 0) is 43.4 Å². The van der Waals surface area contributed by atoms with Gasteiger partial charge in [-0.1, -0.05) is 30.7 Å². The first kappa shape index (κ1) is 16.5. The summed E-state index contributed by atoms with van der Waals surface area (Å²) in [4.78, 5) is 12.2. The summed E-state index contributed by atoms with van der Waals surface area (Å²) >= 11 is 5.92. The van der Waals surface area contributed by atoms with Crippen molar-refractivity contribution in [3.05, 3.63) is 34.9 Å². The Labute approximate surface area is 131 Å². The second-order valence-electron chi connectivity index (χ2n) is 5.84. The minimum atomic E-state index is -0.146. The lowest BCUT2D eigenvalue weighted by Gasteiger charge is -2.28. The molecule has 0 spiro atoms. The molecule has 0 aliphatic heterocycles. The predicted molar refractivity (Wildman–Crippen MR) is 85.8 cm³/mol. The van der Waals surface area contributed by atoms with E-state index in [1.54, 1.807) is 0 Å². The molecule has 1 saturated carbocycles. The Morgan fingerprint density at radius 2 is 1.90 bits per heavy atom. The zero-order chi connectivity index (χ0) is 15.2. The zero-order valence-electron chi connectivity index (χ0n) is 12.5. The topological polar surface area (TPSA) is 49.3 Å². The molecule has 0 aromatic heterocycles. The Kier molecular flexibility index (Phi) is 6.22. The van der Waals surface area contributed by atoms with Crippen LogP contribution in [0.25, 0.3) is 0 Å². The van der Waals surface area contributed by atoms with E-state index in [1.165, 1.54) is 0 Å². The minimum absolute atomic E-state index is 0.112. The van der Waals surface area contributed by atoms with E-state index in [9.17, 15) is 9.90 Å². The average molecular weight is 310 g/mol. The van der Waals surface area contributed by atoms with E-state index in [4.69, 9.17) is 11.6 Å². The maximum atomic E-state index is 12.2. The van der Waals surface area contributed by atoms with Crippen LogP contribution in [-0.4, -0.2) is 29.6 Å². The third-order valence-corrected chi connectivity index (χ3v) is 4.57. The fourth-order valence-electron chi connectivity index (χ4n) is 2.92. The predicted octanol–water partition coefficient (Wildman–Crippen LogP) is 3.30. The fourth-order valence-corrected chi connectivity index (χ4v) is 3.05. The SMILES string of the molecule is CCC(=O)C(CN[C@H]1CC[C@H](O)CC1)c1ccc(Cl)cc1. The van der Waals surface area contributed by atoms with Gasteiger partial charge in [-0.25, -0.2) is 0 Å². The molecule has 1 aliphatic carbocycles. The number of aliphatic hydroxyl groups is 1. The quantitative estimate of drug-likeness (QED) is 0.847. The zero-order valence-corrected chi connectivity index (χ0v) is 13.3. The molecule has 4 heteroatoms. The van der Waals surface area contributed by atoms with Crippen LogP contribution in [0.15, 0.2) is 24.3 Å². The Morgan fingerprint density at radius 1 is 1.29 bits per heavy atom. The maximum Gasteiger partial charge on any atom is 0.141 e. The second kappa shape index (κ2) is 7.92. The summed E-state index contributed by atoms with van der Waals surface area (Å²) < 4.78 is 0. The van der Waals surface area contributed by atoms with E-state index >= 15 is 0 Å². The lowest BCUT2D eigenvalue weighted by atomic mass is 9.90. The lowest BCUT2D eigenvalue weighted by molar-refractivity contribution is -0.120. The molecule has 0 amide bonds. The molecular weight excluding hydrogens is 286 g/mol. The molecule has 116 valence electrons. The molecule has 1 unspecified atom stereocenters. The van der Waals surface area contributed by atoms with Crippen molar-refractivity contribution in [2.75, 3.05) is 6.54 Å². The summed E-state index contributed by atoms with van der Waals surface area (Å²) in [5.74, 6) is 0.139. The highest BCUT2D eigenvalue weighted by atomic mass is 35.5. The largest absolute Gasteiger partial charge is 0.393 e. The van der Waals surface area contributed by atoms with Crippen LogP contribution in [0, 0.1) is 0 Å². The van der Waals surface area contributed by atoms with Crippen molar-refractivity contribution in [1.82, 2.24) is 5.32 Å². The van der Waals surface area contributed by atoms with Gasteiger partial charge in [-0.2, -0.15) is 0 Å². The smallest absolute Gasteiger partial charge is 0.141 e. The third-order valence-electron chi connectivity index (χ3n) is 4.32. The van der Waals surface area contributed by atoms with Crippen molar-refractivity contribution < 1.29 is 9.90 Å². The number of halogens is 1. The Balaban J connectivity index is 1.97. The highest BCUT2D eigenvalue weighted by molar-refractivity contribution is 6.30. The first-order chi connectivity index (χ1) is 10.1. The van der Waals surface area contributed by atoms with E-state index in [2.05, 4.69) is 5.32 Å². The van der Waals surface area contributed by atoms with Crippen LogP contribution in [0.2, 0.25) is 5.02 Å². The van der Waals surface area contributed by atoms with Crippen molar-refractivity contribution in [3.8, 4) is 0 Å². The summed E-state index contributed by atoms with van der Waals surface area (Å²) in [7, 11) is 0. The summed E-state index contributed by atoms with van der Waals surface area (Å²) in [6, 6.07) is 7.96. The summed E-state index contributed by atoms with van der Waals surface area (Å²) in [6.07, 6.45) is 4.06. The van der Waals surface area contributed by atoms with Crippen LogP contribution in [0.1, 0.15) is 50.5 Å². The number of Topliss-reactive ketones (excluding diaryl/α,β-unsaturated/α-hetero) is 1. The molecule has 1 fully saturated rings. The Bertz CT molecular complexity index is 452. The molecule has 0 heterocycles. The second-order valence-corrected chi connectivity index (χ2v) is 6.27. The number of ketones is 1. The molecule has 1 aliphatic rings. The van der Waals surface area contributed by atoms with E-state index in [0.717, 1.165) is 31.2 Å². The van der Waals surface area contributed by atoms with Crippen molar-refractivity contribution in [2.24, 2.45) is 0 Å². The van der Waals surface area contributed by atoms with Gasteiger partial charge in [0, 0.05) is 24.0 Å². The number of hydrogen-bond acceptors (Lipinski definition) is 3. The maximum absolute atomic E-state index is 12.2. The minimum Gasteiger partial charge on any atom is -0.393 e. The lowest BCUT2D eigenvalue weighted by Crippen LogP contribution is -2.38. The molecule has 1 aromatic rings. The van der Waals surface area contributed by atoms with E-state index in [1.807, 2.05) is 31.2 Å². The first-order valence-electron chi connectivity index (χ1n) is 7.79. The van der Waals surface area contributed by atoms with Gasteiger partial charge >= 0.3 is 0 Å². The fraction of sp³-hybridized carbons (Fsp3) is 0.588. The first-order valence-corrected chi connectivity index (χ1v) is 8.17. The van der Waals surface area contributed by atoms with Gasteiger partial charge in [-0.3, -0.25) is 4.79 Å². The molecule has 2 N–H and O–H groups in total. The highest BCUT2D eigenvalue weighted by Crippen LogP contribution is 2.22. The third kappa shape index (κ3) is 4.80. The monoisotopic (exact) mass is 309 g/mol. The Morgan fingerprint density at radius 3 is 2.48 bits per heavy atom. The highest BCUT2D eigenvalue weighted by Gasteiger charge is 2.23. The molecule has 3 nitrogen and oxygen atoms in total. The van der Waals surface area contributed by atoms with Crippen molar-refractivity contribution >= 4 is 17.4 Å². The van der Waals surface area contributed by atoms with E-state index < -0.39 is 0 Å². The van der Waals surface area contributed by atoms with Crippen molar-refractivity contribution in [1.29, 1.82) is 0 Å². The van der Waals surface area contributed by atoms with E-state index in [-0.39, 0.29) is 17.8 Å². The Hall–Kier alpha value is -0.900. The molecule has 0 radical (unpaired) electrons. The number of aliphatic hydroxyl groups excluding tert-OH is 1. The number of rotatable bonds is 6. The molecule has 21 heavy (non-hydrogen) atoms. The standard InChI is InChI=1S/C17H24ClNO2/c1-2-17(21)16(12-3-5-13(18)6-4-12)11-19-14-7-9-15(20)10-8-14/h3-6,14-16,19-20H,2,7-11H2,1H3/t14-,15-,16?. The van der Waals surface area contributed by atoms with Gasteiger partial charge in [-0.15, -0.1) is 0 Å². The van der Waals surface area contributed by atoms with Gasteiger partial charge in [0.05, 0.1) is 12.0 Å². The summed E-state index contributed by atoms with van der Waals surface area (Å²) in [5.41, 5.74) is 1.02. The van der Waals surface area contributed by atoms with Gasteiger partial charge in [0.15, 0.2) is 0 Å². The van der Waals surface area contributed by atoms with Crippen LogP contribution in [0.3, 0.4) is 0 Å². The van der Waals surface area contributed by atoms with Crippen LogP contribution in [0.5, 0.6) is 0 Å². The molecule has 2 rings (SSSR count). The van der Waals surface area contributed by atoms with Crippen molar-refractivity contribution in [3.63, 3.8) is 0 Å². The number of hydrogen-bond donors (Lipinski definition) is 2. The summed E-state index contributed by atoms with van der Waals surface area (Å²) in [6.45, 7) is 2.57. The normalized spacial score (nSPS) is 23.8. The van der Waals surface area contributed by atoms with Gasteiger partial charge in [0.1, 0.15) is 5.78 Å². The molecule has 0 bridgehead atoms. The number of carbonyl (C=O) groups excluding carboxylic acids is 1. The van der Waals surface area contributed by atoms with Crippen LogP contribution in [-0.2, 0) is 4.79 Å². The van der Waals surface area contributed by atoms with Gasteiger partial charge in [0.25, 0.3) is 0 Å². The number of nitrogens with one attached hydrogen (secondary N) is 1. The van der Waals surface area contributed by atoms with Crippen LogP contribution < -0.4 is 5.32 Å². The summed E-state index contributed by atoms with van der Waals surface area (Å²) in [5, 5.41) is 13.7. The number of benzene rings is 1. The van der Waals surface area contributed by atoms with Crippen molar-refractivity contribution in [2.45, 2.75) is 57.1 Å². The molecular formula is C17H24ClNO2. The van der Waals surface area contributed by atoms with Crippen LogP contribution >= 0.6 is 11.6 Å². The van der Waals surface area contributed by atoms with Crippen LogP contribution in [0.4, 0.5) is 0 Å². The van der Waals surface area contributed by atoms with Gasteiger partial charge in [0.2, 0.25) is 0 Å². The average Bonchev–Trinajstić information content (AvgIpc) is 2.50. The molecule has 1 atom stereocenters. The molecule has 1 aromatic carbocycles. The number of carbonyl (C=O) groups is 1. The molecule has 0 saturated heterocycles. The van der Waals surface area contributed by atoms with E-state index in [0.29, 0.717) is 24.0 Å². The van der Waals surface area contributed by atoms with Gasteiger partial charge < -0.3 is 10.4 Å².